The predicted octanol–water partition coefficient (Wildman–Crippen LogP) is 5.17. The van der Waals surface area contributed by atoms with Crippen molar-refractivity contribution in [1.29, 1.82) is 0 Å². The minimum absolute atomic E-state index is 0.322. The molecule has 4 atom stereocenters. The summed E-state index contributed by atoms with van der Waals surface area (Å²) in [6, 6.07) is 17.4. The lowest BCUT2D eigenvalue weighted by Crippen LogP contribution is -2.12. The second-order valence-electron chi connectivity index (χ2n) is 6.52. The Labute approximate surface area is 143 Å². The summed E-state index contributed by atoms with van der Waals surface area (Å²) in [4.78, 5) is 0. The Bertz CT molecular complexity index is 638. The Balaban J connectivity index is 0.000000109. The second-order valence-corrected chi connectivity index (χ2v) is 6.52. The van der Waals surface area contributed by atoms with Crippen LogP contribution in [-0.2, 0) is 0 Å². The maximum Gasteiger partial charge on any atom is 0.115 e. The van der Waals surface area contributed by atoms with Crippen molar-refractivity contribution in [3.05, 3.63) is 85.0 Å². The normalized spacial score (nSPS) is 27.7. The molecule has 0 aliphatic heterocycles. The number of hydrogen-bond acceptors (Lipinski definition) is 2. The number of allylic oxidation sites excluding steroid dienone is 4. The highest BCUT2D eigenvalue weighted by atomic mass is 16.3. The molecule has 0 saturated heterocycles. The highest BCUT2D eigenvalue weighted by Crippen LogP contribution is 2.52. The molecule has 0 radical (unpaired) electrons. The Morgan fingerprint density at radius 1 is 0.667 bits per heavy atom. The van der Waals surface area contributed by atoms with Crippen molar-refractivity contribution in [3.8, 4) is 11.5 Å². The minimum Gasteiger partial charge on any atom is -0.508 e. The minimum atomic E-state index is 0.322. The van der Waals surface area contributed by atoms with E-state index in [2.05, 4.69) is 24.3 Å². The summed E-state index contributed by atoms with van der Waals surface area (Å²) < 4.78 is 0. The Morgan fingerprint density at radius 3 is 1.67 bits per heavy atom. The van der Waals surface area contributed by atoms with Crippen molar-refractivity contribution < 1.29 is 10.2 Å². The van der Waals surface area contributed by atoms with Crippen LogP contribution in [0.1, 0.15) is 12.8 Å². The average molecular weight is 320 g/mol. The second kappa shape index (κ2) is 7.87. The number of rotatable bonds is 0. The van der Waals surface area contributed by atoms with E-state index in [9.17, 15) is 0 Å². The number of benzene rings is 2. The molecule has 2 aromatic carbocycles. The van der Waals surface area contributed by atoms with Gasteiger partial charge in [-0.3, -0.25) is 0 Å². The quantitative estimate of drug-likeness (QED) is 0.657. The van der Waals surface area contributed by atoms with Crippen molar-refractivity contribution in [3.63, 3.8) is 0 Å². The van der Waals surface area contributed by atoms with E-state index in [4.69, 9.17) is 10.2 Å². The summed E-state index contributed by atoms with van der Waals surface area (Å²) in [6.07, 6.45) is 12.5. The third-order valence-corrected chi connectivity index (χ3v) is 4.97. The standard InChI is InChI=1S/C10H12.2C6H6O/c1-2-9-7-4-5-8(6-7)10(9)3-1;2*7-6-4-2-1-3-5-6/h1-2,4-5,7-10H,3,6H2;2*1-5,7H. The van der Waals surface area contributed by atoms with Gasteiger partial charge in [0.25, 0.3) is 0 Å². The molecule has 1 saturated carbocycles. The van der Waals surface area contributed by atoms with Crippen molar-refractivity contribution in [2.75, 3.05) is 0 Å². The maximum atomic E-state index is 8.63. The van der Waals surface area contributed by atoms with Gasteiger partial charge < -0.3 is 10.2 Å². The van der Waals surface area contributed by atoms with Crippen molar-refractivity contribution in [2.45, 2.75) is 12.8 Å². The third kappa shape index (κ3) is 4.08. The molecule has 2 nitrogen and oxygen atoms in total. The first-order chi connectivity index (χ1) is 11.7. The van der Waals surface area contributed by atoms with Gasteiger partial charge in [0.05, 0.1) is 0 Å². The molecule has 124 valence electrons. The van der Waals surface area contributed by atoms with Crippen LogP contribution in [0.2, 0.25) is 0 Å². The SMILES string of the molecule is C1=CC2C3C=CC(C3)C2C1.Oc1ccccc1.Oc1ccccc1. The first-order valence-electron chi connectivity index (χ1n) is 8.57. The largest absolute Gasteiger partial charge is 0.508 e. The van der Waals surface area contributed by atoms with Gasteiger partial charge in [-0.05, 0) is 60.8 Å². The van der Waals surface area contributed by atoms with E-state index in [0.717, 1.165) is 23.7 Å². The summed E-state index contributed by atoms with van der Waals surface area (Å²) in [5.41, 5.74) is 0. The van der Waals surface area contributed by atoms with Crippen LogP contribution in [0.15, 0.2) is 85.0 Å². The molecular formula is C22H24O2. The van der Waals surface area contributed by atoms with Crippen molar-refractivity contribution in [2.24, 2.45) is 23.7 Å². The van der Waals surface area contributed by atoms with Crippen LogP contribution in [0.3, 0.4) is 0 Å². The van der Waals surface area contributed by atoms with Crippen LogP contribution >= 0.6 is 0 Å². The van der Waals surface area contributed by atoms with Crippen LogP contribution in [-0.4, -0.2) is 10.2 Å². The monoisotopic (exact) mass is 320 g/mol. The number of phenolic OH excluding ortho intramolecular Hbond substituents is 2. The van der Waals surface area contributed by atoms with E-state index in [1.54, 1.807) is 48.5 Å². The molecule has 24 heavy (non-hydrogen) atoms. The van der Waals surface area contributed by atoms with Gasteiger partial charge in [-0.2, -0.15) is 0 Å². The van der Waals surface area contributed by atoms with Crippen LogP contribution in [0.25, 0.3) is 0 Å². The van der Waals surface area contributed by atoms with Gasteiger partial charge in [-0.15, -0.1) is 0 Å². The van der Waals surface area contributed by atoms with E-state index >= 15 is 0 Å². The predicted molar refractivity (Wildman–Crippen MR) is 97.7 cm³/mol. The molecule has 0 spiro atoms. The molecule has 3 aliphatic carbocycles. The van der Waals surface area contributed by atoms with Gasteiger partial charge in [0.1, 0.15) is 11.5 Å². The lowest BCUT2D eigenvalue weighted by atomic mass is 9.86. The van der Waals surface area contributed by atoms with Gasteiger partial charge in [0.15, 0.2) is 0 Å². The molecule has 2 bridgehead atoms. The fraction of sp³-hybridized carbons (Fsp3) is 0.273. The Hall–Kier alpha value is -2.48. The lowest BCUT2D eigenvalue weighted by Gasteiger charge is -2.18. The Kier molecular flexibility index (Phi) is 5.37. The number of aromatic hydroxyl groups is 2. The van der Waals surface area contributed by atoms with E-state index in [0.29, 0.717) is 11.5 Å². The molecule has 5 rings (SSSR count). The van der Waals surface area contributed by atoms with Crippen LogP contribution < -0.4 is 0 Å². The van der Waals surface area contributed by atoms with Gasteiger partial charge in [-0.25, -0.2) is 0 Å². The molecule has 0 amide bonds. The first kappa shape index (κ1) is 16.4. The maximum absolute atomic E-state index is 8.63. The zero-order valence-electron chi connectivity index (χ0n) is 13.7. The van der Waals surface area contributed by atoms with Crippen molar-refractivity contribution >= 4 is 0 Å². The number of para-hydroxylation sites is 2. The molecule has 2 heteroatoms. The first-order valence-corrected chi connectivity index (χ1v) is 8.57. The van der Waals surface area contributed by atoms with E-state index < -0.39 is 0 Å². The zero-order chi connectivity index (χ0) is 16.8. The fourth-order valence-corrected chi connectivity index (χ4v) is 3.83. The van der Waals surface area contributed by atoms with E-state index in [1.807, 2.05) is 12.1 Å². The van der Waals surface area contributed by atoms with Gasteiger partial charge in [-0.1, -0.05) is 60.7 Å². The zero-order valence-corrected chi connectivity index (χ0v) is 13.7. The molecule has 0 heterocycles. The summed E-state index contributed by atoms with van der Waals surface area (Å²) in [7, 11) is 0. The van der Waals surface area contributed by atoms with Crippen LogP contribution in [0.4, 0.5) is 0 Å². The molecule has 0 aromatic heterocycles. The van der Waals surface area contributed by atoms with Crippen LogP contribution in [0.5, 0.6) is 11.5 Å². The highest BCUT2D eigenvalue weighted by Gasteiger charge is 2.44. The van der Waals surface area contributed by atoms with Gasteiger partial charge in [0, 0.05) is 0 Å². The van der Waals surface area contributed by atoms with Crippen LogP contribution in [0, 0.1) is 23.7 Å². The molecule has 2 N–H and O–H groups in total. The molecule has 2 aromatic rings. The van der Waals surface area contributed by atoms with E-state index in [-0.39, 0.29) is 0 Å². The number of hydrogen-bond donors (Lipinski definition) is 2. The topological polar surface area (TPSA) is 40.5 Å². The average Bonchev–Trinajstić information content (AvgIpc) is 3.32. The summed E-state index contributed by atoms with van der Waals surface area (Å²) in [5.74, 6) is 4.47. The number of fused-ring (bicyclic) bond motifs is 5. The molecule has 1 fully saturated rings. The summed E-state index contributed by atoms with van der Waals surface area (Å²) >= 11 is 0. The molecule has 4 unspecified atom stereocenters. The lowest BCUT2D eigenvalue weighted by molar-refractivity contribution is 0.398. The fourth-order valence-electron chi connectivity index (χ4n) is 3.83. The highest BCUT2D eigenvalue weighted by molar-refractivity contribution is 5.22. The Morgan fingerprint density at radius 2 is 1.21 bits per heavy atom. The van der Waals surface area contributed by atoms with Crippen molar-refractivity contribution in [1.82, 2.24) is 0 Å². The molecular weight excluding hydrogens is 296 g/mol. The summed E-state index contributed by atoms with van der Waals surface area (Å²) in [6.45, 7) is 0. The van der Waals surface area contributed by atoms with E-state index in [1.165, 1.54) is 12.8 Å². The molecule has 3 aliphatic rings. The van der Waals surface area contributed by atoms with Gasteiger partial charge in [0.2, 0.25) is 0 Å². The third-order valence-electron chi connectivity index (χ3n) is 4.97. The number of phenols is 2. The summed E-state index contributed by atoms with van der Waals surface area (Å²) in [5, 5.41) is 17.3. The smallest absolute Gasteiger partial charge is 0.115 e. The van der Waals surface area contributed by atoms with Gasteiger partial charge >= 0.3 is 0 Å².